The Morgan fingerprint density at radius 3 is 1.78 bits per heavy atom. The summed E-state index contributed by atoms with van der Waals surface area (Å²) in [5.74, 6) is -1.38. The molecule has 0 heterocycles. The summed E-state index contributed by atoms with van der Waals surface area (Å²) in [5.41, 5.74) is 0. The van der Waals surface area contributed by atoms with Gasteiger partial charge < -0.3 is 43.4 Å². The number of carbonyl (C=O) groups excluding carboxylic acids is 3. The maximum atomic E-state index is 9.99. The molecule has 23 heavy (non-hydrogen) atoms. The topological polar surface area (TPSA) is 137 Å². The van der Waals surface area contributed by atoms with Crippen LogP contribution < -0.4 is 5.32 Å². The average Bonchev–Trinajstić information content (AvgIpc) is 2.48. The molecule has 0 rings (SSSR count). The molecule has 0 unspecified atom stereocenters. The average molecular weight is 762 g/mol. The first-order valence-corrected chi connectivity index (χ1v) is 5.47. The number of halogens is 2. The predicted octanol–water partition coefficient (Wildman–Crippen LogP) is 1.64. The number of hydrogen-bond donors (Lipinski definition) is 2. The molecule has 0 aliphatic rings. The first-order valence-electron chi connectivity index (χ1n) is 4.44. The largest absolute Gasteiger partial charge is 0.643 e. The first kappa shape index (κ1) is 49.5. The summed E-state index contributed by atoms with van der Waals surface area (Å²) >= 11 is 1.90. The van der Waals surface area contributed by atoms with Crippen molar-refractivity contribution in [1.82, 2.24) is 5.32 Å². The molecule has 2 radical (unpaired) electrons. The number of rotatable bonds is 1. The molecule has 0 atom stereocenters. The van der Waals surface area contributed by atoms with E-state index in [1.165, 1.54) is 33.3 Å². The number of nitrogens with zero attached hydrogens (tertiary/aromatic N) is 3. The van der Waals surface area contributed by atoms with Crippen molar-refractivity contribution in [3.05, 3.63) is 10.2 Å². The third-order valence-corrected chi connectivity index (χ3v) is 0.731. The van der Waals surface area contributed by atoms with Gasteiger partial charge in [-0.1, -0.05) is 7.43 Å². The second-order valence-corrected chi connectivity index (χ2v) is 1.66. The number of nitrogens with one attached hydrogen (secondary N) is 2. The maximum absolute atomic E-state index is 9.99. The SMILES string of the molecule is C.CN=C=O.C[N-]C(=O)C#N.Cl.[3H]C(=N)C(=O)NC.[CH2-]I.[U].[V].[V]. The fraction of sp³-hybridized carbons (Fsp3) is 0.400. The quantitative estimate of drug-likeness (QED) is 0.138. The van der Waals surface area contributed by atoms with Crippen LogP contribution in [-0.2, 0) is 51.5 Å². The monoisotopic (exact) mass is 761 g/mol. The minimum atomic E-state index is -0.727. The van der Waals surface area contributed by atoms with Gasteiger partial charge in [-0.15, -0.1) is 19.5 Å². The molecule has 0 fully saturated rings. The van der Waals surface area contributed by atoms with Crippen LogP contribution in [0, 0.1) is 52.8 Å². The zero-order chi connectivity index (χ0) is 16.3. The molecule has 0 spiro atoms. The van der Waals surface area contributed by atoms with E-state index in [0.29, 0.717) is 0 Å². The Bertz CT molecular complexity index is 373. The molecule has 0 aliphatic carbocycles. The van der Waals surface area contributed by atoms with Gasteiger partial charge in [-0.2, -0.15) is 5.26 Å². The molecule has 13 heteroatoms. The summed E-state index contributed by atoms with van der Waals surface area (Å²) < 4.78 is 6.35. The Kier molecular flexibility index (Phi) is 143. The summed E-state index contributed by atoms with van der Waals surface area (Å²) in [6.07, 6.45) is 0.600. The van der Waals surface area contributed by atoms with E-state index in [1.807, 2.05) is 22.6 Å². The standard InChI is InChI=1S/C3H6N2O.C3H4N2O.C2H3NO.CH2I.CH4.ClH.U.2V/c2*1-5-3(6)2-4;1-3-2-4;1-2;;;;;/h2,4H,1H3,(H,5,6);1H3,(H,5,6);1H3;1H2;1H4;1H;;;/q;;;-1;;;;;/p-1/i2T;;;;;;;;. The Morgan fingerprint density at radius 2 is 1.78 bits per heavy atom. The minimum Gasteiger partial charge on any atom is -0.643 e. The van der Waals surface area contributed by atoms with Crippen molar-refractivity contribution in [2.45, 2.75) is 7.43 Å². The Morgan fingerprint density at radius 1 is 1.48 bits per heavy atom. The Balaban J connectivity index is -0.0000000177. The van der Waals surface area contributed by atoms with E-state index >= 15 is 0 Å². The van der Waals surface area contributed by atoms with Crippen LogP contribution in [0.15, 0.2) is 4.99 Å². The van der Waals surface area contributed by atoms with Crippen molar-refractivity contribution in [2.24, 2.45) is 4.99 Å². The zero-order valence-corrected chi connectivity index (χ0v) is 21.9. The van der Waals surface area contributed by atoms with Crippen molar-refractivity contribution >= 4 is 59.1 Å². The molecule has 2 N–H and O–H groups in total. The van der Waals surface area contributed by atoms with Crippen LogP contribution in [0.3, 0.4) is 0 Å². The van der Waals surface area contributed by atoms with Crippen LogP contribution in [0.4, 0.5) is 0 Å². The van der Waals surface area contributed by atoms with Gasteiger partial charge in [-0.25, -0.2) is 9.79 Å². The predicted molar refractivity (Wildman–Crippen MR) is 90.2 cm³/mol. The van der Waals surface area contributed by atoms with Crippen molar-refractivity contribution < 1.29 is 84.0 Å². The van der Waals surface area contributed by atoms with E-state index in [2.05, 4.69) is 20.6 Å². The van der Waals surface area contributed by atoms with E-state index in [9.17, 15) is 9.59 Å². The van der Waals surface area contributed by atoms with Gasteiger partial charge in [-0.3, -0.25) is 9.73 Å². The molecule has 0 aromatic rings. The molecule has 0 bridgehead atoms. The van der Waals surface area contributed by atoms with Crippen molar-refractivity contribution in [3.63, 3.8) is 0 Å². The van der Waals surface area contributed by atoms with Gasteiger partial charge >= 0.3 is 0 Å². The molecule has 0 aromatic carbocycles. The summed E-state index contributed by atoms with van der Waals surface area (Å²) in [4.78, 5) is 34.7. The third kappa shape index (κ3) is 103. The summed E-state index contributed by atoms with van der Waals surface area (Å²) in [6, 6.07) is 1.31. The number of amides is 2. The molecule has 0 aromatic heterocycles. The molecule has 8 nitrogen and oxygen atoms in total. The molecule has 0 aliphatic heterocycles. The van der Waals surface area contributed by atoms with Crippen LogP contribution in [0.2, 0.25) is 0 Å². The van der Waals surface area contributed by atoms with Crippen LogP contribution in [-0.4, -0.2) is 45.2 Å². The second-order valence-electron chi connectivity index (χ2n) is 1.66. The molecular weight excluding hydrogens is 740 g/mol. The number of isocyanates is 1. The van der Waals surface area contributed by atoms with E-state index < -0.39 is 18.0 Å². The number of nitriles is 1. The summed E-state index contributed by atoms with van der Waals surface area (Å²) in [6.45, 7) is 0. The fourth-order valence-electron chi connectivity index (χ4n) is 0.112. The zero-order valence-electron chi connectivity index (χ0n) is 13.0. The molecule has 0 saturated heterocycles. The van der Waals surface area contributed by atoms with Crippen LogP contribution >= 0.6 is 35.0 Å². The molecule has 0 saturated carbocycles. The van der Waals surface area contributed by atoms with Gasteiger partial charge in [0.2, 0.25) is 6.08 Å². The third-order valence-electron chi connectivity index (χ3n) is 0.731. The van der Waals surface area contributed by atoms with Gasteiger partial charge in [0.15, 0.2) is 5.91 Å². The van der Waals surface area contributed by atoms with Crippen LogP contribution in [0.25, 0.3) is 5.32 Å². The van der Waals surface area contributed by atoms with Gasteiger partial charge in [0.05, 0.1) is 7.56 Å². The number of hydrogen-bond acceptors (Lipinski definition) is 6. The van der Waals surface area contributed by atoms with E-state index in [1.54, 1.807) is 0 Å². The van der Waals surface area contributed by atoms with E-state index in [0.717, 1.165) is 0 Å². The smallest absolute Gasteiger partial charge is 0.261 e. The van der Waals surface area contributed by atoms with E-state index in [-0.39, 0.29) is 88.1 Å². The van der Waals surface area contributed by atoms with Crippen LogP contribution in [0.1, 0.15) is 8.80 Å². The van der Waals surface area contributed by atoms with Gasteiger partial charge in [-0.05, 0) is 0 Å². The van der Waals surface area contributed by atoms with Gasteiger partial charge in [0, 0.05) is 82.3 Å². The van der Waals surface area contributed by atoms with Gasteiger partial charge in [0.1, 0.15) is 6.07 Å². The van der Waals surface area contributed by atoms with Crippen molar-refractivity contribution in [3.8, 4) is 6.07 Å². The van der Waals surface area contributed by atoms with Crippen LogP contribution in [0.5, 0.6) is 0 Å². The normalized spacial score (nSPS) is 4.96. The van der Waals surface area contributed by atoms with E-state index in [4.69, 9.17) is 16.8 Å². The maximum Gasteiger partial charge on any atom is 0.261 e. The Hall–Kier alpha value is 0.721. The van der Waals surface area contributed by atoms with Crippen molar-refractivity contribution in [1.29, 1.82) is 10.7 Å². The van der Waals surface area contributed by atoms with Crippen molar-refractivity contribution in [2.75, 3.05) is 21.1 Å². The summed E-state index contributed by atoms with van der Waals surface area (Å²) in [7, 11) is 4.05. The fourth-order valence-corrected chi connectivity index (χ4v) is 0.112. The number of carbonyl (C=O) groups is 2. The second kappa shape index (κ2) is 66.2. The van der Waals surface area contributed by atoms with Gasteiger partial charge in [0.25, 0.3) is 5.91 Å². The Labute approximate surface area is 206 Å². The minimum absolute atomic E-state index is 0. The number of aliphatic imine (C=N–C) groups is 1. The molecule has 2 amide bonds. The first-order chi connectivity index (χ1) is 8.90. The summed E-state index contributed by atoms with van der Waals surface area (Å²) in [5, 5.41) is 19.1. The molecule has 132 valence electrons. The molecular formula is C10H19ClIN5O3UV2-2.